The average molecular weight is 575 g/mol. The van der Waals surface area contributed by atoms with Crippen LogP contribution in [0.3, 0.4) is 0 Å². The predicted molar refractivity (Wildman–Crippen MR) is 186 cm³/mol. The van der Waals surface area contributed by atoms with Gasteiger partial charge in [0.15, 0.2) is 0 Å². The third kappa shape index (κ3) is 35.1. The Labute approximate surface area is 254 Å². The van der Waals surface area contributed by atoms with Crippen LogP contribution in [-0.2, 0) is 0 Å². The van der Waals surface area contributed by atoms with E-state index in [1.807, 2.05) is 34.6 Å². The quantitative estimate of drug-likeness (QED) is 0.190. The van der Waals surface area contributed by atoms with Crippen molar-refractivity contribution < 1.29 is 4.39 Å². The standard InChI is InChI=1S/C11H21F.C10H22N4.C5H12.C3H8.2C2H6.C2H4/c1-3-4-5-11(8-12)9(2)10-6-7-10;1-3-10(12-9-11)8-14-6-4-13(2)5-7-14;1-4-5(2)3;1-3-2;3*1-2/h9-11H,3-8H2,1-2H3;3,12H,4-9,11H2,1-2H3;5H,4H2,1-3H3;3H2,1-2H3;2*1-2H3;1-2H2/b;10-3+;;;;;. The number of likely N-dealkylation sites (N-methyl/N-ethyl adjacent to an activating group) is 1. The Bertz CT molecular complexity index is 458. The summed E-state index contributed by atoms with van der Waals surface area (Å²) in [5.41, 5.74) is 6.69. The molecule has 1 saturated heterocycles. The smallest absolute Gasteiger partial charge is 0.0925 e. The summed E-state index contributed by atoms with van der Waals surface area (Å²) in [5, 5.41) is 3.17. The van der Waals surface area contributed by atoms with Crippen molar-refractivity contribution in [1.82, 2.24) is 15.1 Å². The second kappa shape index (κ2) is 40.2. The molecule has 2 fully saturated rings. The number of nitrogens with zero attached hydrogens (tertiary/aromatic N) is 2. The van der Waals surface area contributed by atoms with Crippen molar-refractivity contribution in [2.24, 2.45) is 29.4 Å². The Morgan fingerprint density at radius 1 is 0.975 bits per heavy atom. The van der Waals surface area contributed by atoms with Gasteiger partial charge in [0.05, 0.1) is 13.3 Å². The number of allylic oxidation sites excluding steroid dienone is 1. The number of piperazine rings is 1. The van der Waals surface area contributed by atoms with Crippen LogP contribution in [0.1, 0.15) is 128 Å². The lowest BCUT2D eigenvalue weighted by atomic mass is 9.87. The zero-order valence-electron chi connectivity index (χ0n) is 30.1. The lowest BCUT2D eigenvalue weighted by molar-refractivity contribution is 0.162. The summed E-state index contributed by atoms with van der Waals surface area (Å²) in [6.07, 6.45) is 10.9. The highest BCUT2D eigenvalue weighted by Crippen LogP contribution is 2.41. The molecule has 3 N–H and O–H groups in total. The van der Waals surface area contributed by atoms with Crippen molar-refractivity contribution in [2.45, 2.75) is 128 Å². The van der Waals surface area contributed by atoms with Gasteiger partial charge in [-0.25, -0.2) is 0 Å². The van der Waals surface area contributed by atoms with Crippen molar-refractivity contribution in [3.63, 3.8) is 0 Å². The minimum Gasteiger partial charge on any atom is -0.375 e. The van der Waals surface area contributed by atoms with E-state index >= 15 is 0 Å². The van der Waals surface area contributed by atoms with Crippen LogP contribution in [0.25, 0.3) is 0 Å². The summed E-state index contributed by atoms with van der Waals surface area (Å²) in [4.78, 5) is 4.82. The van der Waals surface area contributed by atoms with E-state index < -0.39 is 0 Å². The maximum atomic E-state index is 12.6. The number of nitrogens with one attached hydrogen (secondary N) is 1. The molecule has 0 spiro atoms. The number of alkyl halides is 1. The first-order chi connectivity index (χ1) is 19.2. The molecule has 40 heavy (non-hydrogen) atoms. The maximum absolute atomic E-state index is 12.6. The van der Waals surface area contributed by atoms with Gasteiger partial charge in [0.25, 0.3) is 0 Å². The Kier molecular flexibility index (Phi) is 49.1. The maximum Gasteiger partial charge on any atom is 0.0925 e. The van der Waals surface area contributed by atoms with Crippen LogP contribution < -0.4 is 11.1 Å². The minimum absolute atomic E-state index is 0.0995. The van der Waals surface area contributed by atoms with Crippen molar-refractivity contribution in [3.05, 3.63) is 24.9 Å². The van der Waals surface area contributed by atoms with Gasteiger partial charge in [0.2, 0.25) is 0 Å². The number of rotatable bonds is 11. The molecule has 1 aliphatic heterocycles. The van der Waals surface area contributed by atoms with E-state index in [1.165, 1.54) is 57.3 Å². The first-order valence-corrected chi connectivity index (χ1v) is 16.8. The average Bonchev–Trinajstić information content (AvgIpc) is 3.84. The van der Waals surface area contributed by atoms with E-state index in [0.717, 1.165) is 37.9 Å². The van der Waals surface area contributed by atoms with E-state index in [4.69, 9.17) is 5.73 Å². The van der Waals surface area contributed by atoms with E-state index in [-0.39, 0.29) is 6.67 Å². The van der Waals surface area contributed by atoms with Crippen LogP contribution in [0.4, 0.5) is 4.39 Å². The minimum atomic E-state index is -0.0995. The summed E-state index contributed by atoms with van der Waals surface area (Å²) < 4.78 is 12.6. The van der Waals surface area contributed by atoms with Gasteiger partial charge in [-0.3, -0.25) is 9.29 Å². The fourth-order valence-electron chi connectivity index (χ4n) is 3.58. The summed E-state index contributed by atoms with van der Waals surface area (Å²) in [7, 11) is 2.17. The molecule has 246 valence electrons. The highest BCUT2D eigenvalue weighted by Gasteiger charge is 2.32. The molecule has 5 heteroatoms. The molecule has 0 aromatic heterocycles. The fourth-order valence-corrected chi connectivity index (χ4v) is 3.58. The highest BCUT2D eigenvalue weighted by molar-refractivity contribution is 5.00. The molecule has 1 heterocycles. The molecule has 1 aliphatic carbocycles. The van der Waals surface area contributed by atoms with E-state index in [0.29, 0.717) is 18.5 Å². The van der Waals surface area contributed by atoms with Crippen molar-refractivity contribution in [2.75, 3.05) is 53.1 Å². The zero-order chi connectivity index (χ0) is 32.4. The predicted octanol–water partition coefficient (Wildman–Crippen LogP) is 9.78. The van der Waals surface area contributed by atoms with E-state index in [9.17, 15) is 4.39 Å². The fraction of sp³-hybridized carbons (Fsp3) is 0.886. The molecular weight excluding hydrogens is 495 g/mol. The molecule has 1 saturated carbocycles. The van der Waals surface area contributed by atoms with Crippen LogP contribution >= 0.6 is 0 Å². The molecule has 2 rings (SSSR count). The number of halogens is 1. The molecule has 0 amide bonds. The topological polar surface area (TPSA) is 44.5 Å². The van der Waals surface area contributed by atoms with Gasteiger partial charge < -0.3 is 16.0 Å². The first kappa shape index (κ1) is 48.8. The van der Waals surface area contributed by atoms with E-state index in [1.54, 1.807) is 0 Å². The lowest BCUT2D eigenvalue weighted by Gasteiger charge is -2.32. The Balaban J connectivity index is -0.000000142. The third-order valence-corrected chi connectivity index (χ3v) is 6.72. The SMILES string of the molecule is C/C=C(\CN1CCN(C)CC1)NCN.C=C.CC.CC.CCC.CCC(C)C.CCCCC(CF)C(C)C1CC1. The molecule has 2 atom stereocenters. The Hall–Kier alpha value is -0.910. The molecule has 0 aromatic carbocycles. The van der Waals surface area contributed by atoms with Gasteiger partial charge in [0, 0.05) is 38.4 Å². The Morgan fingerprint density at radius 3 is 1.73 bits per heavy atom. The van der Waals surface area contributed by atoms with Crippen molar-refractivity contribution in [3.8, 4) is 0 Å². The molecule has 2 aliphatic rings. The lowest BCUT2D eigenvalue weighted by Crippen LogP contribution is -2.46. The van der Waals surface area contributed by atoms with Crippen LogP contribution in [0.2, 0.25) is 0 Å². The van der Waals surface area contributed by atoms with Crippen molar-refractivity contribution in [1.29, 1.82) is 0 Å². The largest absolute Gasteiger partial charge is 0.375 e. The molecule has 0 bridgehead atoms. The Morgan fingerprint density at radius 2 is 1.43 bits per heavy atom. The van der Waals surface area contributed by atoms with Gasteiger partial charge in [0.1, 0.15) is 0 Å². The van der Waals surface area contributed by atoms with Gasteiger partial charge in [-0.05, 0) is 56.9 Å². The second-order valence-electron chi connectivity index (χ2n) is 10.5. The van der Waals surface area contributed by atoms with Crippen LogP contribution in [0.5, 0.6) is 0 Å². The number of unbranched alkanes of at least 4 members (excludes halogenated alkanes) is 1. The monoisotopic (exact) mass is 575 g/mol. The number of hydrogen-bond donors (Lipinski definition) is 2. The normalized spacial score (nSPS) is 16.1. The molecular formula is C35H79FN4. The second-order valence-corrected chi connectivity index (χ2v) is 10.5. The van der Waals surface area contributed by atoms with Gasteiger partial charge in [-0.15, -0.1) is 13.2 Å². The van der Waals surface area contributed by atoms with Gasteiger partial charge >= 0.3 is 0 Å². The summed E-state index contributed by atoms with van der Waals surface area (Å²) in [6, 6.07) is 0. The first-order valence-electron chi connectivity index (χ1n) is 16.8. The molecule has 4 nitrogen and oxygen atoms in total. The van der Waals surface area contributed by atoms with Crippen molar-refractivity contribution >= 4 is 0 Å². The molecule has 2 unspecified atom stereocenters. The summed E-state index contributed by atoms with van der Waals surface area (Å²) >= 11 is 0. The zero-order valence-corrected chi connectivity index (χ0v) is 30.1. The van der Waals surface area contributed by atoms with E-state index in [2.05, 4.69) is 89.9 Å². The van der Waals surface area contributed by atoms with Crippen LogP contribution in [-0.4, -0.2) is 62.9 Å². The van der Waals surface area contributed by atoms with Crippen LogP contribution in [0.15, 0.2) is 24.9 Å². The summed E-state index contributed by atoms with van der Waals surface area (Å²) in [5.74, 6) is 2.75. The molecule has 0 radical (unpaired) electrons. The van der Waals surface area contributed by atoms with Gasteiger partial charge in [-0.2, -0.15) is 0 Å². The van der Waals surface area contributed by atoms with Crippen LogP contribution in [0, 0.1) is 23.7 Å². The number of nitrogens with two attached hydrogens (primary N) is 1. The number of hydrogen-bond acceptors (Lipinski definition) is 4. The highest BCUT2D eigenvalue weighted by atomic mass is 19.1. The van der Waals surface area contributed by atoms with Gasteiger partial charge in [-0.1, -0.05) is 108 Å². The summed E-state index contributed by atoms with van der Waals surface area (Å²) in [6.45, 7) is 37.4. The molecule has 0 aromatic rings. The third-order valence-electron chi connectivity index (χ3n) is 6.72.